The molecule has 1 aromatic carbocycles. The van der Waals surface area contributed by atoms with Gasteiger partial charge in [0.25, 0.3) is 0 Å². The second-order valence-corrected chi connectivity index (χ2v) is 5.46. The quantitative estimate of drug-likeness (QED) is 0.766. The Bertz CT molecular complexity index is 805. The lowest BCUT2D eigenvalue weighted by molar-refractivity contribution is 0.249. The number of aromatic nitrogens is 3. The number of benzene rings is 1. The Morgan fingerprint density at radius 1 is 1.39 bits per heavy atom. The predicted molar refractivity (Wildman–Crippen MR) is 81.5 cm³/mol. The van der Waals surface area contributed by atoms with Crippen molar-refractivity contribution in [2.75, 3.05) is 5.32 Å². The first kappa shape index (κ1) is 15.1. The van der Waals surface area contributed by atoms with Gasteiger partial charge in [-0.05, 0) is 6.07 Å². The van der Waals surface area contributed by atoms with E-state index >= 15 is 0 Å². The molecule has 3 rings (SSSR count). The van der Waals surface area contributed by atoms with E-state index in [2.05, 4.69) is 25.8 Å². The van der Waals surface area contributed by atoms with Gasteiger partial charge < -0.3 is 9.84 Å². The van der Waals surface area contributed by atoms with E-state index in [0.717, 1.165) is 0 Å². The molecule has 0 aliphatic heterocycles. The second kappa shape index (κ2) is 6.53. The van der Waals surface area contributed by atoms with E-state index in [1.54, 1.807) is 36.7 Å². The van der Waals surface area contributed by atoms with Gasteiger partial charge in [0.1, 0.15) is 11.9 Å². The maximum absolute atomic E-state index is 14.1. The largest absolute Gasteiger partial charge is 0.340 e. The molecule has 0 radical (unpaired) electrons. The third kappa shape index (κ3) is 3.51. The average Bonchev–Trinajstić information content (AvgIpc) is 3.17. The number of thiazole rings is 1. The van der Waals surface area contributed by atoms with Crippen LogP contribution in [0, 0.1) is 12.7 Å². The summed E-state index contributed by atoms with van der Waals surface area (Å²) in [6, 6.07) is 4.65. The monoisotopic (exact) mass is 333 g/mol. The minimum absolute atomic E-state index is 0.168. The SMILES string of the molecule is Cc1nc([C@H](NC(=O)Nc2nccs2)c2ccccc2F)no1. The molecule has 1 atom stereocenters. The molecule has 2 aromatic heterocycles. The zero-order valence-corrected chi connectivity index (χ0v) is 12.8. The summed E-state index contributed by atoms with van der Waals surface area (Å²) in [6.45, 7) is 1.62. The van der Waals surface area contributed by atoms with Crippen LogP contribution in [0.25, 0.3) is 0 Å². The molecular formula is C14H12FN5O2S. The van der Waals surface area contributed by atoms with Crippen molar-refractivity contribution in [2.45, 2.75) is 13.0 Å². The van der Waals surface area contributed by atoms with Crippen molar-refractivity contribution in [3.05, 3.63) is 58.9 Å². The fourth-order valence-corrected chi connectivity index (χ4v) is 2.50. The lowest BCUT2D eigenvalue weighted by Gasteiger charge is -2.16. The number of carbonyl (C=O) groups is 1. The van der Waals surface area contributed by atoms with Gasteiger partial charge in [0.2, 0.25) is 5.89 Å². The Hall–Kier alpha value is -2.81. The summed E-state index contributed by atoms with van der Waals surface area (Å²) in [6.07, 6.45) is 1.57. The molecule has 23 heavy (non-hydrogen) atoms. The minimum atomic E-state index is -0.881. The Morgan fingerprint density at radius 3 is 2.87 bits per heavy atom. The van der Waals surface area contributed by atoms with Gasteiger partial charge in [-0.25, -0.2) is 14.2 Å². The molecule has 0 aliphatic rings. The van der Waals surface area contributed by atoms with Crippen molar-refractivity contribution >= 4 is 22.5 Å². The van der Waals surface area contributed by atoms with Gasteiger partial charge in [-0.2, -0.15) is 4.98 Å². The zero-order valence-electron chi connectivity index (χ0n) is 12.0. The third-order valence-corrected chi connectivity index (χ3v) is 3.63. The van der Waals surface area contributed by atoms with Gasteiger partial charge in [-0.3, -0.25) is 5.32 Å². The lowest BCUT2D eigenvalue weighted by Crippen LogP contribution is -2.34. The van der Waals surface area contributed by atoms with Gasteiger partial charge >= 0.3 is 6.03 Å². The molecule has 0 saturated heterocycles. The van der Waals surface area contributed by atoms with Crippen molar-refractivity contribution < 1.29 is 13.7 Å². The van der Waals surface area contributed by atoms with Gasteiger partial charge in [-0.15, -0.1) is 11.3 Å². The number of carbonyl (C=O) groups excluding carboxylic acids is 1. The second-order valence-electron chi connectivity index (χ2n) is 4.56. The first-order valence-corrected chi connectivity index (χ1v) is 7.53. The summed E-state index contributed by atoms with van der Waals surface area (Å²) >= 11 is 1.27. The molecule has 0 saturated carbocycles. The maximum Gasteiger partial charge on any atom is 0.321 e. The molecule has 7 nitrogen and oxygen atoms in total. The van der Waals surface area contributed by atoms with Crippen LogP contribution in [0.3, 0.4) is 0 Å². The first-order chi connectivity index (χ1) is 11.1. The number of nitrogens with one attached hydrogen (secondary N) is 2. The molecule has 2 amide bonds. The van der Waals surface area contributed by atoms with Crippen LogP contribution in [0.1, 0.15) is 23.3 Å². The predicted octanol–water partition coefficient (Wildman–Crippen LogP) is 2.88. The van der Waals surface area contributed by atoms with Crippen LogP contribution in [0.5, 0.6) is 0 Å². The number of halogens is 1. The highest BCUT2D eigenvalue weighted by molar-refractivity contribution is 7.13. The van der Waals surface area contributed by atoms with E-state index in [-0.39, 0.29) is 11.4 Å². The van der Waals surface area contributed by atoms with Crippen molar-refractivity contribution in [1.82, 2.24) is 20.4 Å². The molecule has 0 aliphatic carbocycles. The lowest BCUT2D eigenvalue weighted by atomic mass is 10.1. The van der Waals surface area contributed by atoms with Crippen molar-refractivity contribution in [2.24, 2.45) is 0 Å². The molecular weight excluding hydrogens is 321 g/mol. The van der Waals surface area contributed by atoms with E-state index in [1.165, 1.54) is 17.4 Å². The normalized spacial score (nSPS) is 11.9. The highest BCUT2D eigenvalue weighted by Crippen LogP contribution is 2.22. The zero-order chi connectivity index (χ0) is 16.2. The van der Waals surface area contributed by atoms with Crippen LogP contribution in [0.2, 0.25) is 0 Å². The van der Waals surface area contributed by atoms with E-state index in [4.69, 9.17) is 4.52 Å². The number of urea groups is 1. The number of anilines is 1. The highest BCUT2D eigenvalue weighted by atomic mass is 32.1. The maximum atomic E-state index is 14.1. The summed E-state index contributed by atoms with van der Waals surface area (Å²) in [5, 5.41) is 11.1. The summed E-state index contributed by atoms with van der Waals surface area (Å²) in [4.78, 5) is 20.2. The number of amides is 2. The van der Waals surface area contributed by atoms with Crippen molar-refractivity contribution in [1.29, 1.82) is 0 Å². The number of aryl methyl sites for hydroxylation is 1. The third-order valence-electron chi connectivity index (χ3n) is 2.95. The van der Waals surface area contributed by atoms with Crippen LogP contribution in [0.15, 0.2) is 40.4 Å². The fraction of sp³-hybridized carbons (Fsp3) is 0.143. The number of hydrogen-bond donors (Lipinski definition) is 2. The molecule has 0 unspecified atom stereocenters. The fourth-order valence-electron chi connectivity index (χ4n) is 1.97. The van der Waals surface area contributed by atoms with Gasteiger partial charge in [0.05, 0.1) is 0 Å². The van der Waals surface area contributed by atoms with Crippen molar-refractivity contribution in [3.8, 4) is 0 Å². The highest BCUT2D eigenvalue weighted by Gasteiger charge is 2.24. The molecule has 0 bridgehead atoms. The van der Waals surface area contributed by atoms with Crippen LogP contribution in [-0.4, -0.2) is 21.2 Å². The smallest absolute Gasteiger partial charge is 0.321 e. The van der Waals surface area contributed by atoms with Gasteiger partial charge in [0.15, 0.2) is 11.0 Å². The Morgan fingerprint density at radius 2 is 2.22 bits per heavy atom. The van der Waals surface area contributed by atoms with E-state index in [1.807, 2.05) is 0 Å². The van der Waals surface area contributed by atoms with E-state index in [9.17, 15) is 9.18 Å². The number of nitrogens with zero attached hydrogens (tertiary/aromatic N) is 3. The molecule has 2 N–H and O–H groups in total. The first-order valence-electron chi connectivity index (χ1n) is 6.65. The molecule has 0 spiro atoms. The van der Waals surface area contributed by atoms with E-state index < -0.39 is 17.9 Å². The molecule has 0 fully saturated rings. The minimum Gasteiger partial charge on any atom is -0.340 e. The van der Waals surface area contributed by atoms with Crippen molar-refractivity contribution in [3.63, 3.8) is 0 Å². The van der Waals surface area contributed by atoms with E-state index in [0.29, 0.717) is 11.0 Å². The van der Waals surface area contributed by atoms with Crippen LogP contribution < -0.4 is 10.6 Å². The Kier molecular flexibility index (Phi) is 4.29. The summed E-state index contributed by atoms with van der Waals surface area (Å²) < 4.78 is 19.0. The standard InChI is InChI=1S/C14H12FN5O2S/c1-8-17-12(20-22-8)11(9-4-2-3-5-10(9)15)18-13(21)19-14-16-6-7-23-14/h2-7,11H,1H3,(H2,16,18,19,21)/t11-/m1/s1. The Balaban J connectivity index is 1.86. The summed E-state index contributed by atoms with van der Waals surface area (Å²) in [7, 11) is 0. The van der Waals surface area contributed by atoms with Gasteiger partial charge in [0, 0.05) is 24.1 Å². The van der Waals surface area contributed by atoms with Crippen LogP contribution >= 0.6 is 11.3 Å². The molecule has 3 aromatic rings. The topological polar surface area (TPSA) is 92.9 Å². The molecule has 2 heterocycles. The number of rotatable bonds is 4. The average molecular weight is 333 g/mol. The molecule has 118 valence electrons. The van der Waals surface area contributed by atoms with Crippen LogP contribution in [0.4, 0.5) is 14.3 Å². The summed E-state index contributed by atoms with van der Waals surface area (Å²) in [5.74, 6) is 0.0138. The van der Waals surface area contributed by atoms with Crippen LogP contribution in [-0.2, 0) is 0 Å². The summed E-state index contributed by atoms with van der Waals surface area (Å²) in [5.41, 5.74) is 0.239. The Labute approximate surface area is 134 Å². The van der Waals surface area contributed by atoms with Gasteiger partial charge in [-0.1, -0.05) is 23.4 Å². The number of hydrogen-bond acceptors (Lipinski definition) is 6. The molecule has 9 heteroatoms.